The molecule has 0 aliphatic carbocycles. The van der Waals surface area contributed by atoms with Gasteiger partial charge in [0, 0.05) is 6.04 Å². The predicted molar refractivity (Wildman–Crippen MR) is 81.1 cm³/mol. The number of hydrogen-bond acceptors (Lipinski definition) is 2. The molecule has 5 heteroatoms. The van der Waals surface area contributed by atoms with Crippen LogP contribution in [0.2, 0.25) is 0 Å². The molecular formula is C16H18FNO2S. The van der Waals surface area contributed by atoms with E-state index >= 15 is 0 Å². The van der Waals surface area contributed by atoms with Gasteiger partial charge in [-0.05, 0) is 61.7 Å². The van der Waals surface area contributed by atoms with Gasteiger partial charge in [0.25, 0.3) is 0 Å². The lowest BCUT2D eigenvalue weighted by atomic mass is 10.1. The van der Waals surface area contributed by atoms with Gasteiger partial charge in [0.2, 0.25) is 10.0 Å². The molecule has 2 rings (SSSR count). The second-order valence-electron chi connectivity index (χ2n) is 5.14. The molecule has 0 bridgehead atoms. The summed E-state index contributed by atoms with van der Waals surface area (Å²) in [7, 11) is -3.60. The number of sulfonamides is 1. The van der Waals surface area contributed by atoms with Crippen LogP contribution >= 0.6 is 0 Å². The Morgan fingerprint density at radius 3 is 2.19 bits per heavy atom. The molecule has 0 aromatic heterocycles. The van der Waals surface area contributed by atoms with Crippen molar-refractivity contribution in [1.82, 2.24) is 4.72 Å². The van der Waals surface area contributed by atoms with Crippen molar-refractivity contribution in [2.24, 2.45) is 0 Å². The Hall–Kier alpha value is -1.72. The van der Waals surface area contributed by atoms with Gasteiger partial charge in [0.1, 0.15) is 5.82 Å². The fourth-order valence-electron chi connectivity index (χ4n) is 2.00. The molecule has 0 saturated carbocycles. The maximum atomic E-state index is 12.9. The van der Waals surface area contributed by atoms with Crippen molar-refractivity contribution in [2.75, 3.05) is 0 Å². The van der Waals surface area contributed by atoms with Crippen LogP contribution in [-0.2, 0) is 10.0 Å². The second kappa shape index (κ2) is 5.95. The number of aryl methyl sites for hydroxylation is 2. The highest BCUT2D eigenvalue weighted by Crippen LogP contribution is 2.19. The standard InChI is InChI=1S/C16H18FNO2S/c1-11-4-9-16(10-12(11)2)21(19,20)18-13(3)14-5-7-15(17)8-6-14/h4-10,13,18H,1-3H3/t13-/m0/s1. The minimum absolute atomic E-state index is 0.236. The van der Waals surface area contributed by atoms with Crippen LogP contribution in [0.5, 0.6) is 0 Å². The minimum atomic E-state index is -3.60. The molecule has 0 fully saturated rings. The van der Waals surface area contributed by atoms with Gasteiger partial charge < -0.3 is 0 Å². The lowest BCUT2D eigenvalue weighted by Crippen LogP contribution is -2.27. The molecule has 1 atom stereocenters. The minimum Gasteiger partial charge on any atom is -0.207 e. The van der Waals surface area contributed by atoms with Gasteiger partial charge in [0.05, 0.1) is 4.90 Å². The lowest BCUT2D eigenvalue weighted by molar-refractivity contribution is 0.566. The Kier molecular flexibility index (Phi) is 4.44. The van der Waals surface area contributed by atoms with Crippen molar-refractivity contribution in [3.05, 3.63) is 65.0 Å². The number of nitrogens with one attached hydrogen (secondary N) is 1. The van der Waals surface area contributed by atoms with Crippen molar-refractivity contribution < 1.29 is 12.8 Å². The van der Waals surface area contributed by atoms with E-state index in [1.54, 1.807) is 37.3 Å². The van der Waals surface area contributed by atoms with Gasteiger partial charge in [0.15, 0.2) is 0 Å². The highest BCUT2D eigenvalue weighted by Gasteiger charge is 2.18. The van der Waals surface area contributed by atoms with E-state index in [1.807, 2.05) is 13.8 Å². The highest BCUT2D eigenvalue weighted by molar-refractivity contribution is 7.89. The fraction of sp³-hybridized carbons (Fsp3) is 0.250. The van der Waals surface area contributed by atoms with Crippen LogP contribution in [-0.4, -0.2) is 8.42 Å². The molecule has 21 heavy (non-hydrogen) atoms. The fourth-order valence-corrected chi connectivity index (χ4v) is 3.32. The Balaban J connectivity index is 2.24. The van der Waals surface area contributed by atoms with Gasteiger partial charge in [-0.3, -0.25) is 0 Å². The van der Waals surface area contributed by atoms with E-state index < -0.39 is 16.1 Å². The zero-order valence-electron chi connectivity index (χ0n) is 12.2. The third-order valence-electron chi connectivity index (χ3n) is 3.49. The summed E-state index contributed by atoms with van der Waals surface area (Å²) in [5.74, 6) is -0.344. The molecule has 0 spiro atoms. The molecule has 0 amide bonds. The van der Waals surface area contributed by atoms with Crippen molar-refractivity contribution in [3.63, 3.8) is 0 Å². The normalized spacial score (nSPS) is 13.1. The third kappa shape index (κ3) is 3.68. The number of halogens is 1. The number of rotatable bonds is 4. The van der Waals surface area contributed by atoms with Crippen LogP contribution in [0, 0.1) is 19.7 Å². The first-order chi connectivity index (χ1) is 9.79. The third-order valence-corrected chi connectivity index (χ3v) is 5.03. The van der Waals surface area contributed by atoms with Gasteiger partial charge in [-0.2, -0.15) is 0 Å². The molecule has 2 aromatic rings. The van der Waals surface area contributed by atoms with Crippen molar-refractivity contribution in [3.8, 4) is 0 Å². The van der Waals surface area contributed by atoms with E-state index in [0.29, 0.717) is 5.56 Å². The van der Waals surface area contributed by atoms with Crippen molar-refractivity contribution in [2.45, 2.75) is 31.7 Å². The average Bonchev–Trinajstić information content (AvgIpc) is 2.42. The first-order valence-electron chi connectivity index (χ1n) is 6.64. The summed E-state index contributed by atoms with van der Waals surface area (Å²) < 4.78 is 40.2. The molecule has 3 nitrogen and oxygen atoms in total. The van der Waals surface area contributed by atoms with Crippen LogP contribution in [0.1, 0.15) is 29.7 Å². The maximum absolute atomic E-state index is 12.9. The molecule has 0 saturated heterocycles. The first kappa shape index (κ1) is 15.7. The quantitative estimate of drug-likeness (QED) is 0.940. The second-order valence-corrected chi connectivity index (χ2v) is 6.85. The summed E-state index contributed by atoms with van der Waals surface area (Å²) in [6.45, 7) is 5.53. The summed E-state index contributed by atoms with van der Waals surface area (Å²) in [6, 6.07) is 10.4. The largest absolute Gasteiger partial charge is 0.241 e. The lowest BCUT2D eigenvalue weighted by Gasteiger charge is -2.15. The summed E-state index contributed by atoms with van der Waals surface area (Å²) in [5, 5.41) is 0. The molecule has 0 aliphatic heterocycles. The van der Waals surface area contributed by atoms with Gasteiger partial charge >= 0.3 is 0 Å². The Bertz CT molecular complexity index is 739. The van der Waals surface area contributed by atoms with Gasteiger partial charge in [-0.15, -0.1) is 0 Å². The van der Waals surface area contributed by atoms with E-state index in [-0.39, 0.29) is 10.7 Å². The summed E-state index contributed by atoms with van der Waals surface area (Å²) in [6.07, 6.45) is 0. The molecule has 2 aromatic carbocycles. The molecule has 1 N–H and O–H groups in total. The van der Waals surface area contributed by atoms with Crippen molar-refractivity contribution in [1.29, 1.82) is 0 Å². The van der Waals surface area contributed by atoms with Crippen LogP contribution in [0.4, 0.5) is 4.39 Å². The maximum Gasteiger partial charge on any atom is 0.241 e. The SMILES string of the molecule is Cc1ccc(S(=O)(=O)N[C@@H](C)c2ccc(F)cc2)cc1C. The highest BCUT2D eigenvalue weighted by atomic mass is 32.2. The molecule has 112 valence electrons. The number of hydrogen-bond donors (Lipinski definition) is 1. The molecule has 0 aliphatic rings. The Labute approximate surface area is 124 Å². The van der Waals surface area contributed by atoms with Crippen molar-refractivity contribution >= 4 is 10.0 Å². The topological polar surface area (TPSA) is 46.2 Å². The van der Waals surface area contributed by atoms with Crippen LogP contribution < -0.4 is 4.72 Å². The van der Waals surface area contributed by atoms with Gasteiger partial charge in [-0.25, -0.2) is 17.5 Å². The Morgan fingerprint density at radius 1 is 1.00 bits per heavy atom. The van der Waals surface area contributed by atoms with E-state index in [9.17, 15) is 12.8 Å². The first-order valence-corrected chi connectivity index (χ1v) is 8.13. The summed E-state index contributed by atoms with van der Waals surface area (Å²) in [5.41, 5.74) is 2.68. The van der Waals surface area contributed by atoms with E-state index in [2.05, 4.69) is 4.72 Å². The van der Waals surface area contributed by atoms with Crippen LogP contribution in [0.3, 0.4) is 0 Å². The van der Waals surface area contributed by atoms with Gasteiger partial charge in [-0.1, -0.05) is 18.2 Å². The smallest absolute Gasteiger partial charge is 0.207 e. The average molecular weight is 307 g/mol. The van der Waals surface area contributed by atoms with E-state index in [1.165, 1.54) is 12.1 Å². The van der Waals surface area contributed by atoms with E-state index in [4.69, 9.17) is 0 Å². The number of benzene rings is 2. The monoisotopic (exact) mass is 307 g/mol. The molecule has 0 heterocycles. The van der Waals surface area contributed by atoms with Crippen LogP contribution in [0.25, 0.3) is 0 Å². The molecule has 0 radical (unpaired) electrons. The summed E-state index contributed by atoms with van der Waals surface area (Å²) in [4.78, 5) is 0.236. The van der Waals surface area contributed by atoms with E-state index in [0.717, 1.165) is 11.1 Å². The zero-order chi connectivity index (χ0) is 15.6. The van der Waals surface area contributed by atoms with Crippen LogP contribution in [0.15, 0.2) is 47.4 Å². The molecule has 0 unspecified atom stereocenters. The predicted octanol–water partition coefficient (Wildman–Crippen LogP) is 3.48. The summed E-state index contributed by atoms with van der Waals surface area (Å²) >= 11 is 0. The molecular weight excluding hydrogens is 289 g/mol. The zero-order valence-corrected chi connectivity index (χ0v) is 13.0. The Morgan fingerprint density at radius 2 is 1.62 bits per heavy atom.